The summed E-state index contributed by atoms with van der Waals surface area (Å²) in [5, 5.41) is 0. The molecule has 2 fully saturated rings. The molecule has 2 rings (SSSR count). The highest BCUT2D eigenvalue weighted by Crippen LogP contribution is 2.28. The van der Waals surface area contributed by atoms with E-state index in [1.807, 2.05) is 0 Å². The van der Waals surface area contributed by atoms with E-state index in [0.29, 0.717) is 0 Å². The van der Waals surface area contributed by atoms with Crippen LogP contribution in [0.15, 0.2) is 11.6 Å². The Hall–Kier alpha value is -1.06. The van der Waals surface area contributed by atoms with Crippen molar-refractivity contribution in [3.05, 3.63) is 11.6 Å². The van der Waals surface area contributed by atoms with Crippen molar-refractivity contribution in [2.45, 2.75) is 27.7 Å². The molecule has 18 heavy (non-hydrogen) atoms. The van der Waals surface area contributed by atoms with Gasteiger partial charge in [-0.25, -0.2) is 0 Å². The van der Waals surface area contributed by atoms with Crippen molar-refractivity contribution in [3.63, 3.8) is 0 Å². The summed E-state index contributed by atoms with van der Waals surface area (Å²) in [7, 11) is 0. The van der Waals surface area contributed by atoms with Gasteiger partial charge in [-0.2, -0.15) is 0 Å². The maximum atomic E-state index is 2.54. The third kappa shape index (κ3) is 2.13. The first-order valence-corrected chi connectivity index (χ1v) is 7.50. The van der Waals surface area contributed by atoms with E-state index < -0.39 is 0 Å². The molecule has 2 aliphatic heterocycles. The van der Waals surface area contributed by atoms with Crippen molar-refractivity contribution in [1.82, 2.24) is 19.6 Å². The van der Waals surface area contributed by atoms with Gasteiger partial charge in [0.05, 0.1) is 0 Å². The molecule has 2 aliphatic rings. The van der Waals surface area contributed by atoms with E-state index in [0.717, 1.165) is 26.2 Å². The molecule has 2 saturated heterocycles. The van der Waals surface area contributed by atoms with Crippen LogP contribution in [0.2, 0.25) is 0 Å². The van der Waals surface area contributed by atoms with Crippen LogP contribution >= 0.6 is 0 Å². The Morgan fingerprint density at radius 1 is 0.556 bits per heavy atom. The lowest BCUT2D eigenvalue weighted by Crippen LogP contribution is -2.34. The number of hydrogen-bond donors (Lipinski definition) is 0. The molecule has 4 nitrogen and oxygen atoms in total. The fourth-order valence-corrected chi connectivity index (χ4v) is 3.10. The standard InChI is InChI=1S/C14H28N4/c1-5-15-9-10-16(6-2)13(15)14-17(7-3)11-12-18(14)8-4/h5-12H2,1-4H3. The normalized spacial score (nSPS) is 20.7. The molecule has 104 valence electrons. The van der Waals surface area contributed by atoms with E-state index in [-0.39, 0.29) is 0 Å². The molecular weight excluding hydrogens is 224 g/mol. The maximum absolute atomic E-state index is 2.54. The van der Waals surface area contributed by atoms with Crippen LogP contribution in [-0.4, -0.2) is 72.0 Å². The van der Waals surface area contributed by atoms with E-state index in [4.69, 9.17) is 0 Å². The van der Waals surface area contributed by atoms with E-state index in [1.165, 1.54) is 37.8 Å². The predicted molar refractivity (Wildman–Crippen MR) is 76.0 cm³/mol. The summed E-state index contributed by atoms with van der Waals surface area (Å²) >= 11 is 0. The van der Waals surface area contributed by atoms with E-state index in [1.54, 1.807) is 0 Å². The second-order valence-electron chi connectivity index (χ2n) is 4.97. The maximum Gasteiger partial charge on any atom is 0.146 e. The summed E-state index contributed by atoms with van der Waals surface area (Å²) in [6, 6.07) is 0. The minimum Gasteiger partial charge on any atom is -0.354 e. The molecule has 0 bridgehead atoms. The highest BCUT2D eigenvalue weighted by atomic mass is 15.5. The molecule has 0 spiro atoms. The van der Waals surface area contributed by atoms with Crippen LogP contribution in [0.5, 0.6) is 0 Å². The molecule has 2 heterocycles. The Bertz CT molecular complexity index is 255. The summed E-state index contributed by atoms with van der Waals surface area (Å²) in [5.41, 5.74) is 0. The van der Waals surface area contributed by atoms with Crippen LogP contribution in [0.25, 0.3) is 0 Å². The average Bonchev–Trinajstić information content (AvgIpc) is 3.00. The third-order valence-electron chi connectivity index (χ3n) is 4.20. The van der Waals surface area contributed by atoms with E-state index in [2.05, 4.69) is 47.3 Å². The fourth-order valence-electron chi connectivity index (χ4n) is 3.10. The Kier molecular flexibility index (Phi) is 4.25. The minimum atomic E-state index is 1.12. The summed E-state index contributed by atoms with van der Waals surface area (Å²) in [4.78, 5) is 10.1. The smallest absolute Gasteiger partial charge is 0.146 e. The van der Waals surface area contributed by atoms with Crippen molar-refractivity contribution in [1.29, 1.82) is 0 Å². The van der Waals surface area contributed by atoms with Crippen LogP contribution in [0.4, 0.5) is 0 Å². The Balaban J connectivity index is 2.38. The van der Waals surface area contributed by atoms with Crippen LogP contribution in [0.3, 0.4) is 0 Å². The van der Waals surface area contributed by atoms with Crippen molar-refractivity contribution in [3.8, 4) is 0 Å². The molecule has 0 aromatic heterocycles. The summed E-state index contributed by atoms with van der Waals surface area (Å²) in [5.74, 6) is 2.95. The first-order chi connectivity index (χ1) is 8.76. The van der Waals surface area contributed by atoms with Gasteiger partial charge >= 0.3 is 0 Å². The minimum absolute atomic E-state index is 1.12. The summed E-state index contributed by atoms with van der Waals surface area (Å²) in [6.45, 7) is 18.2. The Labute approximate surface area is 112 Å². The molecule has 4 heteroatoms. The number of likely N-dealkylation sites (N-methyl/N-ethyl adjacent to an activating group) is 4. The van der Waals surface area contributed by atoms with Crippen molar-refractivity contribution >= 4 is 0 Å². The average molecular weight is 252 g/mol. The van der Waals surface area contributed by atoms with Gasteiger partial charge < -0.3 is 19.6 Å². The van der Waals surface area contributed by atoms with E-state index >= 15 is 0 Å². The molecule has 0 N–H and O–H groups in total. The SMILES string of the molecule is CCN1CCN(CC)C1=C1N(CC)CCN1CC. The lowest BCUT2D eigenvalue weighted by atomic mass is 10.4. The van der Waals surface area contributed by atoms with Crippen LogP contribution in [0.1, 0.15) is 27.7 Å². The summed E-state index contributed by atoms with van der Waals surface area (Å²) < 4.78 is 0. The van der Waals surface area contributed by atoms with Crippen molar-refractivity contribution in [2.75, 3.05) is 52.4 Å². The van der Waals surface area contributed by atoms with Gasteiger partial charge in [0.15, 0.2) is 0 Å². The van der Waals surface area contributed by atoms with Gasteiger partial charge in [0.2, 0.25) is 0 Å². The third-order valence-corrected chi connectivity index (χ3v) is 4.20. The van der Waals surface area contributed by atoms with Crippen LogP contribution in [0, 0.1) is 0 Å². The molecule has 0 radical (unpaired) electrons. The lowest BCUT2D eigenvalue weighted by Gasteiger charge is -2.32. The predicted octanol–water partition coefficient (Wildman–Crippen LogP) is 1.43. The molecule has 0 amide bonds. The molecule has 0 aromatic carbocycles. The molecule has 0 aliphatic carbocycles. The lowest BCUT2D eigenvalue weighted by molar-refractivity contribution is 0.272. The van der Waals surface area contributed by atoms with Crippen LogP contribution < -0.4 is 0 Å². The topological polar surface area (TPSA) is 13.0 Å². The zero-order valence-electron chi connectivity index (χ0n) is 12.4. The fraction of sp³-hybridized carbons (Fsp3) is 0.857. The number of nitrogens with zero attached hydrogens (tertiary/aromatic N) is 4. The zero-order valence-corrected chi connectivity index (χ0v) is 12.4. The zero-order chi connectivity index (χ0) is 13.1. The van der Waals surface area contributed by atoms with Gasteiger partial charge in [-0.05, 0) is 27.7 Å². The molecule has 0 atom stereocenters. The van der Waals surface area contributed by atoms with Crippen molar-refractivity contribution in [2.24, 2.45) is 0 Å². The monoisotopic (exact) mass is 252 g/mol. The second-order valence-corrected chi connectivity index (χ2v) is 4.97. The Morgan fingerprint density at radius 2 is 0.778 bits per heavy atom. The van der Waals surface area contributed by atoms with E-state index in [9.17, 15) is 0 Å². The Morgan fingerprint density at radius 3 is 0.944 bits per heavy atom. The summed E-state index contributed by atoms with van der Waals surface area (Å²) in [6.07, 6.45) is 0. The number of hydrogen-bond acceptors (Lipinski definition) is 4. The highest BCUT2D eigenvalue weighted by molar-refractivity contribution is 5.17. The quantitative estimate of drug-likeness (QED) is 0.750. The van der Waals surface area contributed by atoms with Crippen LogP contribution in [-0.2, 0) is 0 Å². The van der Waals surface area contributed by atoms with Crippen molar-refractivity contribution < 1.29 is 0 Å². The highest BCUT2D eigenvalue weighted by Gasteiger charge is 2.33. The van der Waals surface area contributed by atoms with Gasteiger partial charge in [0.1, 0.15) is 11.6 Å². The molecule has 0 unspecified atom stereocenters. The largest absolute Gasteiger partial charge is 0.354 e. The second kappa shape index (κ2) is 5.72. The van der Waals surface area contributed by atoms with Gasteiger partial charge in [-0.3, -0.25) is 0 Å². The molecule has 0 saturated carbocycles. The first kappa shape index (κ1) is 13.4. The van der Waals surface area contributed by atoms with Gasteiger partial charge in [0.25, 0.3) is 0 Å². The van der Waals surface area contributed by atoms with Gasteiger partial charge in [-0.1, -0.05) is 0 Å². The molecular formula is C14H28N4. The van der Waals surface area contributed by atoms with Gasteiger partial charge in [-0.15, -0.1) is 0 Å². The molecule has 0 aromatic rings. The number of rotatable bonds is 4. The first-order valence-electron chi connectivity index (χ1n) is 7.50. The van der Waals surface area contributed by atoms with Gasteiger partial charge in [0, 0.05) is 52.4 Å².